The van der Waals surface area contributed by atoms with Crippen LogP contribution in [-0.4, -0.2) is 35.2 Å². The molecule has 1 aliphatic heterocycles. The van der Waals surface area contributed by atoms with E-state index < -0.39 is 17.6 Å². The van der Waals surface area contributed by atoms with Gasteiger partial charge in [0.05, 0.1) is 0 Å². The highest BCUT2D eigenvalue weighted by molar-refractivity contribution is 5.89. The van der Waals surface area contributed by atoms with Crippen LogP contribution >= 0.6 is 0 Å². The lowest BCUT2D eigenvalue weighted by molar-refractivity contribution is -0.146. The van der Waals surface area contributed by atoms with Gasteiger partial charge in [-0.05, 0) is 26.7 Å². The molecular formula is C9H15NO4. The molecule has 14 heavy (non-hydrogen) atoms. The highest BCUT2D eigenvalue weighted by Gasteiger charge is 2.38. The van der Waals surface area contributed by atoms with Crippen molar-refractivity contribution in [3.8, 4) is 0 Å². The zero-order valence-corrected chi connectivity index (χ0v) is 8.37. The average molecular weight is 201 g/mol. The Balaban J connectivity index is 2.53. The van der Waals surface area contributed by atoms with E-state index in [1.165, 1.54) is 6.92 Å². The molecule has 0 aliphatic carbocycles. The van der Waals surface area contributed by atoms with E-state index in [9.17, 15) is 9.59 Å². The summed E-state index contributed by atoms with van der Waals surface area (Å²) in [4.78, 5) is 22.1. The summed E-state index contributed by atoms with van der Waals surface area (Å²) >= 11 is 0. The van der Waals surface area contributed by atoms with Crippen LogP contribution in [0.2, 0.25) is 0 Å². The lowest BCUT2D eigenvalue weighted by atomic mass is 10.0. The maximum Gasteiger partial charge on any atom is 0.325 e. The van der Waals surface area contributed by atoms with E-state index >= 15 is 0 Å². The third-order valence-corrected chi connectivity index (χ3v) is 2.42. The fourth-order valence-corrected chi connectivity index (χ4v) is 1.37. The van der Waals surface area contributed by atoms with Crippen molar-refractivity contribution in [1.29, 1.82) is 0 Å². The monoisotopic (exact) mass is 201 g/mol. The Morgan fingerprint density at radius 3 is 2.64 bits per heavy atom. The smallest absolute Gasteiger partial charge is 0.325 e. The minimum atomic E-state index is -1.04. The molecule has 1 amide bonds. The number of carboxylic acids is 1. The Hall–Kier alpha value is -1.10. The van der Waals surface area contributed by atoms with Crippen LogP contribution in [0.25, 0.3) is 0 Å². The van der Waals surface area contributed by atoms with Gasteiger partial charge >= 0.3 is 5.97 Å². The van der Waals surface area contributed by atoms with Crippen molar-refractivity contribution in [3.05, 3.63) is 0 Å². The van der Waals surface area contributed by atoms with Gasteiger partial charge in [0.25, 0.3) is 5.91 Å². The first kappa shape index (κ1) is 11.0. The maximum absolute atomic E-state index is 11.6. The highest BCUT2D eigenvalue weighted by Crippen LogP contribution is 2.25. The second kappa shape index (κ2) is 3.96. The van der Waals surface area contributed by atoms with Gasteiger partial charge < -0.3 is 15.2 Å². The molecule has 0 aromatic rings. The van der Waals surface area contributed by atoms with E-state index in [2.05, 4.69) is 5.32 Å². The van der Waals surface area contributed by atoms with Crippen LogP contribution in [0.5, 0.6) is 0 Å². The van der Waals surface area contributed by atoms with Crippen molar-refractivity contribution in [2.75, 3.05) is 6.61 Å². The van der Waals surface area contributed by atoms with Gasteiger partial charge in [-0.3, -0.25) is 9.59 Å². The van der Waals surface area contributed by atoms with E-state index in [0.717, 1.165) is 6.42 Å². The van der Waals surface area contributed by atoms with Crippen molar-refractivity contribution >= 4 is 11.9 Å². The summed E-state index contributed by atoms with van der Waals surface area (Å²) in [5.74, 6) is -1.38. The number of carboxylic acid groups (broad SMARTS) is 1. The lowest BCUT2D eigenvalue weighted by Crippen LogP contribution is -2.49. The molecule has 1 rings (SSSR count). The molecule has 0 bridgehead atoms. The SMILES string of the molecule is C[C@@H](NC(=O)C1(C)CCCO1)C(=O)O. The van der Waals surface area contributed by atoms with Crippen molar-refractivity contribution < 1.29 is 19.4 Å². The van der Waals surface area contributed by atoms with Gasteiger partial charge in [-0.2, -0.15) is 0 Å². The highest BCUT2D eigenvalue weighted by atomic mass is 16.5. The van der Waals surface area contributed by atoms with Gasteiger partial charge in [0.15, 0.2) is 0 Å². The van der Waals surface area contributed by atoms with Crippen LogP contribution in [0.15, 0.2) is 0 Å². The van der Waals surface area contributed by atoms with Gasteiger partial charge in [-0.25, -0.2) is 0 Å². The number of nitrogens with one attached hydrogen (secondary N) is 1. The molecule has 0 aromatic heterocycles. The second-order valence-electron chi connectivity index (χ2n) is 3.72. The van der Waals surface area contributed by atoms with Gasteiger partial charge in [0, 0.05) is 6.61 Å². The Morgan fingerprint density at radius 2 is 2.21 bits per heavy atom. The maximum atomic E-state index is 11.6. The topological polar surface area (TPSA) is 75.6 Å². The molecule has 0 saturated carbocycles. The zero-order valence-electron chi connectivity index (χ0n) is 8.37. The van der Waals surface area contributed by atoms with E-state index in [0.29, 0.717) is 13.0 Å². The molecule has 1 aliphatic rings. The Kier molecular flexibility index (Phi) is 3.10. The fraction of sp³-hybridized carbons (Fsp3) is 0.778. The number of rotatable bonds is 3. The zero-order chi connectivity index (χ0) is 10.8. The van der Waals surface area contributed by atoms with Crippen LogP contribution in [0.1, 0.15) is 26.7 Å². The number of carbonyl (C=O) groups is 2. The summed E-state index contributed by atoms with van der Waals surface area (Å²) in [5, 5.41) is 11.0. The van der Waals surface area contributed by atoms with Gasteiger partial charge in [0.2, 0.25) is 0 Å². The Labute approximate surface area is 82.4 Å². The lowest BCUT2D eigenvalue weighted by Gasteiger charge is -2.23. The molecule has 5 heteroatoms. The molecule has 1 unspecified atom stereocenters. The first-order valence-corrected chi connectivity index (χ1v) is 4.63. The van der Waals surface area contributed by atoms with E-state index in [1.807, 2.05) is 0 Å². The third-order valence-electron chi connectivity index (χ3n) is 2.42. The van der Waals surface area contributed by atoms with Crippen LogP contribution < -0.4 is 5.32 Å². The number of hydrogen-bond donors (Lipinski definition) is 2. The van der Waals surface area contributed by atoms with Crippen molar-refractivity contribution in [3.63, 3.8) is 0 Å². The largest absolute Gasteiger partial charge is 0.480 e. The van der Waals surface area contributed by atoms with E-state index in [4.69, 9.17) is 9.84 Å². The van der Waals surface area contributed by atoms with Crippen LogP contribution in [-0.2, 0) is 14.3 Å². The van der Waals surface area contributed by atoms with Crippen LogP contribution in [0.4, 0.5) is 0 Å². The molecule has 1 saturated heterocycles. The standard InChI is InChI=1S/C9H15NO4/c1-6(7(11)12)10-8(13)9(2)4-3-5-14-9/h6H,3-5H2,1-2H3,(H,10,13)(H,11,12)/t6-,9?/m1/s1. The number of ether oxygens (including phenoxy) is 1. The van der Waals surface area contributed by atoms with E-state index in [-0.39, 0.29) is 5.91 Å². The number of carbonyl (C=O) groups excluding carboxylic acids is 1. The predicted octanol–water partition coefficient (Wildman–Crippen LogP) is 0.145. The summed E-state index contributed by atoms with van der Waals surface area (Å²) in [6.07, 6.45) is 1.48. The summed E-state index contributed by atoms with van der Waals surface area (Å²) < 4.78 is 5.28. The molecule has 0 spiro atoms. The predicted molar refractivity (Wildman–Crippen MR) is 48.8 cm³/mol. The molecule has 1 fully saturated rings. The van der Waals surface area contributed by atoms with Crippen LogP contribution in [0, 0.1) is 0 Å². The first-order valence-electron chi connectivity index (χ1n) is 4.63. The minimum absolute atomic E-state index is 0.343. The molecule has 2 atom stereocenters. The Bertz CT molecular complexity index is 245. The van der Waals surface area contributed by atoms with Gasteiger partial charge in [-0.15, -0.1) is 0 Å². The normalized spacial score (nSPS) is 28.4. The van der Waals surface area contributed by atoms with E-state index in [1.54, 1.807) is 6.92 Å². The molecule has 80 valence electrons. The molecule has 1 heterocycles. The first-order chi connectivity index (χ1) is 6.46. The number of aliphatic carboxylic acids is 1. The second-order valence-corrected chi connectivity index (χ2v) is 3.72. The quantitative estimate of drug-likeness (QED) is 0.681. The number of amides is 1. The number of hydrogen-bond acceptors (Lipinski definition) is 3. The summed E-state index contributed by atoms with van der Waals surface area (Å²) in [6, 6.07) is -0.872. The minimum Gasteiger partial charge on any atom is -0.480 e. The van der Waals surface area contributed by atoms with Gasteiger partial charge in [0.1, 0.15) is 11.6 Å². The third kappa shape index (κ3) is 2.23. The fourth-order valence-electron chi connectivity index (χ4n) is 1.37. The van der Waals surface area contributed by atoms with Crippen LogP contribution in [0.3, 0.4) is 0 Å². The molecule has 0 aromatic carbocycles. The molecule has 5 nitrogen and oxygen atoms in total. The summed E-state index contributed by atoms with van der Waals surface area (Å²) in [6.45, 7) is 3.67. The molecule has 2 N–H and O–H groups in total. The summed E-state index contributed by atoms with van der Waals surface area (Å²) in [7, 11) is 0. The molecule has 0 radical (unpaired) electrons. The van der Waals surface area contributed by atoms with Crippen molar-refractivity contribution in [1.82, 2.24) is 5.32 Å². The van der Waals surface area contributed by atoms with Gasteiger partial charge in [-0.1, -0.05) is 0 Å². The summed E-state index contributed by atoms with van der Waals surface area (Å²) in [5.41, 5.74) is -0.844. The average Bonchev–Trinajstić information content (AvgIpc) is 2.53. The van der Waals surface area contributed by atoms with Crippen molar-refractivity contribution in [2.24, 2.45) is 0 Å². The van der Waals surface area contributed by atoms with Crippen molar-refractivity contribution in [2.45, 2.75) is 38.3 Å². The molecular weight excluding hydrogens is 186 g/mol. The Morgan fingerprint density at radius 1 is 1.57 bits per heavy atom.